The molecule has 0 radical (unpaired) electrons. The first-order valence-corrected chi connectivity index (χ1v) is 23.4. The topological polar surface area (TPSA) is 88.4 Å². The second-order valence-corrected chi connectivity index (χ2v) is 16.9. The largest absolute Gasteiger partial charge is 0.398 e. The summed E-state index contributed by atoms with van der Waals surface area (Å²) < 4.78 is 6.77. The van der Waals surface area contributed by atoms with Gasteiger partial charge in [0.2, 0.25) is 0 Å². The molecule has 0 amide bonds. The molecular weight excluding hydrogens is 829 g/mol. The normalized spacial score (nSPS) is 12.9. The number of nitrogens with zero attached hydrogens (tertiary/aromatic N) is 5. The van der Waals surface area contributed by atoms with Crippen LogP contribution in [0.5, 0.6) is 0 Å². The van der Waals surface area contributed by atoms with E-state index < -0.39 is 0 Å². The number of aryl methyl sites for hydroxylation is 1. The van der Waals surface area contributed by atoms with Crippen molar-refractivity contribution in [2.75, 3.05) is 0 Å². The lowest BCUT2D eigenvalue weighted by Crippen LogP contribution is -2.18. The van der Waals surface area contributed by atoms with Crippen LogP contribution in [0.3, 0.4) is 0 Å². The number of fused-ring (bicyclic) bond motifs is 5. The van der Waals surface area contributed by atoms with Crippen LogP contribution in [0.15, 0.2) is 165 Å². The molecule has 0 saturated heterocycles. The molecule has 0 atom stereocenters. The van der Waals surface area contributed by atoms with E-state index in [1.807, 2.05) is 43.4 Å². The Bertz CT molecular complexity index is 3570. The number of nitriles is 2. The summed E-state index contributed by atoms with van der Waals surface area (Å²) in [5.74, 6) is 0. The number of benzene rings is 5. The van der Waals surface area contributed by atoms with Crippen LogP contribution in [0.1, 0.15) is 95.2 Å². The summed E-state index contributed by atoms with van der Waals surface area (Å²) in [6.07, 6.45) is 27.1. The Morgan fingerprint density at radius 2 is 1.35 bits per heavy atom. The monoisotopic (exact) mass is 882 g/mol. The van der Waals surface area contributed by atoms with Crippen molar-refractivity contribution in [1.29, 1.82) is 10.5 Å². The van der Waals surface area contributed by atoms with Gasteiger partial charge in [-0.3, -0.25) is 0 Å². The number of aromatic nitrogens is 3. The van der Waals surface area contributed by atoms with Gasteiger partial charge in [-0.15, -0.1) is 0 Å². The smallest absolute Gasteiger partial charge is 0.104 e. The summed E-state index contributed by atoms with van der Waals surface area (Å²) in [6.45, 7) is 16.6. The van der Waals surface area contributed by atoms with Crippen LogP contribution < -0.4 is 5.73 Å². The van der Waals surface area contributed by atoms with Crippen LogP contribution in [-0.2, 0) is 12.8 Å². The second kappa shape index (κ2) is 19.1. The zero-order valence-corrected chi connectivity index (χ0v) is 39.2. The van der Waals surface area contributed by atoms with Gasteiger partial charge in [-0.05, 0) is 86.2 Å². The van der Waals surface area contributed by atoms with Crippen LogP contribution in [0.2, 0.25) is 0 Å². The van der Waals surface area contributed by atoms with Gasteiger partial charge in [-0.2, -0.15) is 10.5 Å². The average molecular weight is 883 g/mol. The molecule has 6 nitrogen and oxygen atoms in total. The number of nitrogens with two attached hydrogens (primary N) is 1. The minimum Gasteiger partial charge on any atom is -0.398 e. The highest BCUT2D eigenvalue weighted by Gasteiger charge is 2.34. The quantitative estimate of drug-likeness (QED) is 0.117. The van der Waals surface area contributed by atoms with Gasteiger partial charge >= 0.3 is 0 Å². The third-order valence-corrected chi connectivity index (χ3v) is 13.2. The summed E-state index contributed by atoms with van der Waals surface area (Å²) in [7, 11) is 0. The van der Waals surface area contributed by atoms with E-state index >= 15 is 0 Å². The Morgan fingerprint density at radius 3 is 1.99 bits per heavy atom. The van der Waals surface area contributed by atoms with Crippen molar-refractivity contribution < 1.29 is 0 Å². The fraction of sp³-hybridized carbons (Fsp3) is 0.129. The van der Waals surface area contributed by atoms with Gasteiger partial charge in [0.1, 0.15) is 17.7 Å². The molecule has 0 bridgehead atoms. The number of hydrogen-bond donors (Lipinski definition) is 1. The maximum Gasteiger partial charge on any atom is 0.104 e. The van der Waals surface area contributed by atoms with E-state index in [1.54, 1.807) is 6.08 Å². The van der Waals surface area contributed by atoms with Crippen molar-refractivity contribution in [2.45, 2.75) is 53.4 Å². The van der Waals surface area contributed by atoms with Crippen molar-refractivity contribution in [3.63, 3.8) is 0 Å². The molecule has 3 heterocycles. The van der Waals surface area contributed by atoms with Crippen molar-refractivity contribution in [3.8, 4) is 29.2 Å². The van der Waals surface area contributed by atoms with Gasteiger partial charge in [0.25, 0.3) is 0 Å². The SMILES string of the molecule is C=C/C=C\c1c2c(n(-c3c(C#N)c(Cc4ccccc4/C(C=C)=C(N)/C=C\C)c(-n4c(/C=C\CC)c(CC)c5ccccc54)c(-n4c5ccccc5c5ccccc54)c3C#N)c1C)C=CCC=C2. The van der Waals surface area contributed by atoms with Crippen molar-refractivity contribution in [3.05, 3.63) is 226 Å². The lowest BCUT2D eigenvalue weighted by atomic mass is 9.88. The maximum atomic E-state index is 12.2. The standard InChI is InChI=1S/C62H54N6/c1-7-12-27-45-41(6)66(56-34-16-14-15-29-48(45)56)60-52(39-63)51(38-42-26-17-18-28-46(42)43(10-4)54(65)25-9-3)61(67-55(33-13-8-2)44(11-5)47-30-19-22-35-57(47)67)62(53(60)40-64)68-58-36-23-20-31-49(58)50-32-21-24-37-59(50)68/h7,9-10,12-13,15-37H,1,4,8,11,14,38,65H2,2-3,5-6H3/b25-9-,27-12-,33-13-,54-43-. The van der Waals surface area contributed by atoms with Gasteiger partial charge in [0, 0.05) is 61.9 Å². The molecule has 0 spiro atoms. The molecule has 0 aliphatic heterocycles. The van der Waals surface area contributed by atoms with Gasteiger partial charge in [0.15, 0.2) is 0 Å². The van der Waals surface area contributed by atoms with Crippen molar-refractivity contribution in [1.82, 2.24) is 13.7 Å². The third-order valence-electron chi connectivity index (χ3n) is 13.2. The molecule has 9 rings (SSSR count). The van der Waals surface area contributed by atoms with Crippen molar-refractivity contribution in [2.24, 2.45) is 5.73 Å². The molecule has 0 saturated carbocycles. The lowest BCUT2D eigenvalue weighted by molar-refractivity contribution is 0.947. The number of rotatable bonds is 13. The first kappa shape index (κ1) is 44.6. The molecule has 0 unspecified atom stereocenters. The van der Waals surface area contributed by atoms with Crippen LogP contribution in [0.4, 0.5) is 0 Å². The molecule has 5 aromatic carbocycles. The Balaban J connectivity index is 1.61. The van der Waals surface area contributed by atoms with E-state index in [4.69, 9.17) is 5.73 Å². The number of hydrogen-bond acceptors (Lipinski definition) is 3. The predicted octanol–water partition coefficient (Wildman–Crippen LogP) is 15.2. The highest BCUT2D eigenvalue weighted by molar-refractivity contribution is 6.10. The fourth-order valence-electron chi connectivity index (χ4n) is 10.3. The van der Waals surface area contributed by atoms with Gasteiger partial charge in [-0.25, -0.2) is 0 Å². The maximum absolute atomic E-state index is 12.2. The summed E-state index contributed by atoms with van der Waals surface area (Å²) >= 11 is 0. The minimum atomic E-state index is 0.310. The van der Waals surface area contributed by atoms with Crippen molar-refractivity contribution >= 4 is 62.6 Å². The minimum absolute atomic E-state index is 0.310. The Kier molecular flexibility index (Phi) is 12.5. The summed E-state index contributed by atoms with van der Waals surface area (Å²) in [4.78, 5) is 0. The van der Waals surface area contributed by atoms with E-state index in [9.17, 15) is 10.5 Å². The summed E-state index contributed by atoms with van der Waals surface area (Å²) in [6, 6.07) is 39.2. The molecule has 1 aliphatic carbocycles. The average Bonchev–Trinajstić information content (AvgIpc) is 3.87. The summed E-state index contributed by atoms with van der Waals surface area (Å²) in [5.41, 5.74) is 22.4. The highest BCUT2D eigenvalue weighted by Crippen LogP contribution is 2.46. The summed E-state index contributed by atoms with van der Waals surface area (Å²) in [5, 5.41) is 27.6. The van der Waals surface area contributed by atoms with Crippen LogP contribution in [0, 0.1) is 29.6 Å². The molecule has 68 heavy (non-hydrogen) atoms. The zero-order chi connectivity index (χ0) is 47.5. The molecule has 1 aliphatic rings. The van der Waals surface area contributed by atoms with Crippen LogP contribution in [-0.4, -0.2) is 13.7 Å². The van der Waals surface area contributed by atoms with Gasteiger partial charge in [-0.1, -0.05) is 161 Å². The van der Waals surface area contributed by atoms with Gasteiger partial charge < -0.3 is 19.4 Å². The lowest BCUT2D eigenvalue weighted by Gasteiger charge is -2.27. The Labute approximate surface area is 399 Å². The Hall–Kier alpha value is -8.58. The second-order valence-electron chi connectivity index (χ2n) is 16.9. The van der Waals surface area contributed by atoms with E-state index in [1.165, 1.54) is 5.56 Å². The van der Waals surface area contributed by atoms with Gasteiger partial charge in [0.05, 0.1) is 44.9 Å². The van der Waals surface area contributed by atoms with E-state index in [0.717, 1.165) is 108 Å². The zero-order valence-electron chi connectivity index (χ0n) is 39.2. The first-order valence-electron chi connectivity index (χ1n) is 23.4. The Morgan fingerprint density at radius 1 is 0.721 bits per heavy atom. The molecule has 6 heteroatoms. The molecule has 2 N–H and O–H groups in total. The molecular formula is C62H54N6. The molecule has 3 aromatic heterocycles. The molecule has 8 aromatic rings. The predicted molar refractivity (Wildman–Crippen MR) is 287 cm³/mol. The fourth-order valence-corrected chi connectivity index (χ4v) is 10.3. The number of para-hydroxylation sites is 3. The number of allylic oxidation sites excluding steroid dienone is 9. The van der Waals surface area contributed by atoms with E-state index in [2.05, 4.69) is 187 Å². The first-order chi connectivity index (χ1) is 33.4. The highest BCUT2D eigenvalue weighted by atomic mass is 15.1. The van der Waals surface area contributed by atoms with Crippen LogP contribution in [0.25, 0.3) is 79.6 Å². The third kappa shape index (κ3) is 7.28. The molecule has 0 fully saturated rings. The van der Waals surface area contributed by atoms with E-state index in [-0.39, 0.29) is 0 Å². The van der Waals surface area contributed by atoms with Crippen LogP contribution >= 0.6 is 0 Å². The van der Waals surface area contributed by atoms with E-state index in [0.29, 0.717) is 34.6 Å². The molecule has 332 valence electrons.